The Balaban J connectivity index is 2.16. The van der Waals surface area contributed by atoms with Crippen molar-refractivity contribution in [1.82, 2.24) is 15.5 Å². The highest BCUT2D eigenvalue weighted by atomic mass is 16.5. The summed E-state index contributed by atoms with van der Waals surface area (Å²) in [6.45, 7) is 15.3. The van der Waals surface area contributed by atoms with Crippen LogP contribution in [-0.2, 0) is 22.6 Å². The predicted molar refractivity (Wildman–Crippen MR) is 156 cm³/mol. The molecule has 0 heterocycles. The highest BCUT2D eigenvalue weighted by molar-refractivity contribution is 5.90. The van der Waals surface area contributed by atoms with E-state index < -0.39 is 11.6 Å². The van der Waals surface area contributed by atoms with Gasteiger partial charge in [0.15, 0.2) is 0 Å². The standard InChI is InChI=1S/C32H47N3O3/c1-23(2)18-19-35(8)29(20-24(3)4)31(37)33-28(30(36)34-32(5,6)7)21-25-14-16-27(17-15-25)38-22-26-12-10-9-11-13-26/h9-18,24,28-29H,19-22H2,1-8H3,(H,33,37)(H,34,36). The van der Waals surface area contributed by atoms with Crippen LogP contribution >= 0.6 is 0 Å². The molecule has 0 fully saturated rings. The third-order valence-electron chi connectivity index (χ3n) is 6.06. The minimum Gasteiger partial charge on any atom is -0.489 e. The molecule has 0 aromatic heterocycles. The minimum absolute atomic E-state index is 0.125. The van der Waals surface area contributed by atoms with Crippen molar-refractivity contribution in [3.63, 3.8) is 0 Å². The SMILES string of the molecule is CC(C)=CCN(C)C(CC(C)C)C(=O)NC(Cc1ccc(OCc2ccccc2)cc1)C(=O)NC(C)(C)C. The number of hydrogen-bond acceptors (Lipinski definition) is 4. The van der Waals surface area contributed by atoms with Crippen molar-refractivity contribution in [2.45, 2.75) is 85.5 Å². The molecule has 6 heteroatoms. The molecule has 0 aliphatic carbocycles. The molecule has 2 aromatic carbocycles. The van der Waals surface area contributed by atoms with Gasteiger partial charge in [0.2, 0.25) is 11.8 Å². The number of rotatable bonds is 13. The third kappa shape index (κ3) is 11.5. The van der Waals surface area contributed by atoms with Gasteiger partial charge in [-0.1, -0.05) is 68.0 Å². The van der Waals surface area contributed by atoms with E-state index in [1.165, 1.54) is 5.57 Å². The number of likely N-dealkylation sites (N-methyl/N-ethyl adjacent to an activating group) is 1. The van der Waals surface area contributed by atoms with Gasteiger partial charge in [-0.2, -0.15) is 0 Å². The maximum Gasteiger partial charge on any atom is 0.243 e. The summed E-state index contributed by atoms with van der Waals surface area (Å²) in [4.78, 5) is 28.9. The molecule has 2 amide bonds. The smallest absolute Gasteiger partial charge is 0.243 e. The Morgan fingerprint density at radius 1 is 0.947 bits per heavy atom. The van der Waals surface area contributed by atoms with Gasteiger partial charge in [0.1, 0.15) is 18.4 Å². The molecular weight excluding hydrogens is 474 g/mol. The molecule has 0 spiro atoms. The van der Waals surface area contributed by atoms with Crippen molar-refractivity contribution in [2.75, 3.05) is 13.6 Å². The summed E-state index contributed by atoms with van der Waals surface area (Å²) < 4.78 is 5.91. The second kappa shape index (κ2) is 14.7. The maximum atomic E-state index is 13.5. The van der Waals surface area contributed by atoms with Gasteiger partial charge in [-0.05, 0) is 77.3 Å². The van der Waals surface area contributed by atoms with Crippen molar-refractivity contribution in [3.05, 3.63) is 77.4 Å². The van der Waals surface area contributed by atoms with Gasteiger partial charge in [-0.15, -0.1) is 0 Å². The van der Waals surface area contributed by atoms with Crippen LogP contribution in [0.15, 0.2) is 66.2 Å². The van der Waals surface area contributed by atoms with Crippen LogP contribution in [0.25, 0.3) is 0 Å². The molecule has 2 unspecified atom stereocenters. The number of carbonyl (C=O) groups excluding carboxylic acids is 2. The van der Waals surface area contributed by atoms with Crippen LogP contribution in [0.5, 0.6) is 5.75 Å². The molecule has 2 atom stereocenters. The largest absolute Gasteiger partial charge is 0.489 e. The van der Waals surface area contributed by atoms with Gasteiger partial charge in [0, 0.05) is 18.5 Å². The van der Waals surface area contributed by atoms with E-state index >= 15 is 0 Å². The fourth-order valence-corrected chi connectivity index (χ4v) is 4.02. The Morgan fingerprint density at radius 2 is 1.58 bits per heavy atom. The molecular formula is C32H47N3O3. The first kappa shape index (κ1) is 31.1. The molecule has 0 aliphatic rings. The van der Waals surface area contributed by atoms with Crippen LogP contribution in [-0.4, -0.2) is 47.9 Å². The summed E-state index contributed by atoms with van der Waals surface area (Å²) in [5.41, 5.74) is 2.85. The molecule has 2 N–H and O–H groups in total. The molecule has 0 bridgehead atoms. The van der Waals surface area contributed by atoms with Gasteiger partial charge >= 0.3 is 0 Å². The quantitative estimate of drug-likeness (QED) is 0.341. The second-order valence-corrected chi connectivity index (χ2v) is 11.8. The topological polar surface area (TPSA) is 70.7 Å². The van der Waals surface area contributed by atoms with E-state index in [-0.39, 0.29) is 17.9 Å². The van der Waals surface area contributed by atoms with Crippen molar-refractivity contribution in [1.29, 1.82) is 0 Å². The predicted octanol–water partition coefficient (Wildman–Crippen LogP) is 5.52. The van der Waals surface area contributed by atoms with Crippen LogP contribution in [0, 0.1) is 5.92 Å². The van der Waals surface area contributed by atoms with Crippen molar-refractivity contribution in [3.8, 4) is 5.75 Å². The molecule has 208 valence electrons. The van der Waals surface area contributed by atoms with Crippen LogP contribution in [0.1, 0.15) is 66.0 Å². The van der Waals surface area contributed by atoms with E-state index in [1.54, 1.807) is 0 Å². The number of amides is 2. The summed E-state index contributed by atoms with van der Waals surface area (Å²) in [6, 6.07) is 16.7. The Hall–Kier alpha value is -3.12. The van der Waals surface area contributed by atoms with E-state index in [0.29, 0.717) is 31.9 Å². The summed E-state index contributed by atoms with van der Waals surface area (Å²) in [6.07, 6.45) is 3.21. The van der Waals surface area contributed by atoms with E-state index in [1.807, 2.05) is 82.4 Å². The number of nitrogens with one attached hydrogen (secondary N) is 2. The van der Waals surface area contributed by atoms with Crippen LogP contribution < -0.4 is 15.4 Å². The van der Waals surface area contributed by atoms with Gasteiger partial charge in [-0.25, -0.2) is 0 Å². The van der Waals surface area contributed by atoms with Crippen molar-refractivity contribution < 1.29 is 14.3 Å². The van der Waals surface area contributed by atoms with E-state index in [9.17, 15) is 9.59 Å². The van der Waals surface area contributed by atoms with Gasteiger partial charge < -0.3 is 15.4 Å². The van der Waals surface area contributed by atoms with Gasteiger partial charge in [0.05, 0.1) is 6.04 Å². The highest BCUT2D eigenvalue weighted by Crippen LogP contribution is 2.17. The Labute approximate surface area is 229 Å². The fourth-order valence-electron chi connectivity index (χ4n) is 4.02. The van der Waals surface area contributed by atoms with E-state index in [2.05, 4.69) is 49.3 Å². The first-order valence-electron chi connectivity index (χ1n) is 13.6. The minimum atomic E-state index is -0.690. The van der Waals surface area contributed by atoms with Gasteiger partial charge in [0.25, 0.3) is 0 Å². The summed E-state index contributed by atoms with van der Waals surface area (Å²) >= 11 is 0. The lowest BCUT2D eigenvalue weighted by atomic mass is 9.99. The summed E-state index contributed by atoms with van der Waals surface area (Å²) in [5.74, 6) is 0.783. The molecule has 0 aliphatic heterocycles. The maximum absolute atomic E-state index is 13.5. The summed E-state index contributed by atoms with van der Waals surface area (Å²) in [5, 5.41) is 6.12. The lowest BCUT2D eigenvalue weighted by Gasteiger charge is -2.31. The third-order valence-corrected chi connectivity index (χ3v) is 6.06. The van der Waals surface area contributed by atoms with Crippen molar-refractivity contribution >= 4 is 11.8 Å². The Bertz CT molecular complexity index is 1040. The monoisotopic (exact) mass is 521 g/mol. The second-order valence-electron chi connectivity index (χ2n) is 11.8. The molecule has 0 saturated carbocycles. The fraction of sp³-hybridized carbons (Fsp3) is 0.500. The lowest BCUT2D eigenvalue weighted by Crippen LogP contribution is -2.56. The average Bonchev–Trinajstić information content (AvgIpc) is 2.84. The van der Waals surface area contributed by atoms with Gasteiger partial charge in [-0.3, -0.25) is 14.5 Å². The summed E-state index contributed by atoms with van der Waals surface area (Å²) in [7, 11) is 1.96. The Kier molecular flexibility index (Phi) is 12.0. The number of nitrogens with zero attached hydrogens (tertiary/aromatic N) is 1. The molecule has 6 nitrogen and oxygen atoms in total. The average molecular weight is 522 g/mol. The zero-order chi connectivity index (χ0) is 28.3. The first-order valence-corrected chi connectivity index (χ1v) is 13.6. The lowest BCUT2D eigenvalue weighted by molar-refractivity contribution is -0.132. The number of carbonyl (C=O) groups is 2. The number of ether oxygens (including phenoxy) is 1. The molecule has 0 radical (unpaired) electrons. The normalized spacial score (nSPS) is 13.1. The highest BCUT2D eigenvalue weighted by Gasteiger charge is 2.30. The van der Waals surface area contributed by atoms with E-state index in [4.69, 9.17) is 4.74 Å². The zero-order valence-corrected chi connectivity index (χ0v) is 24.5. The molecule has 38 heavy (non-hydrogen) atoms. The first-order chi connectivity index (χ1) is 17.8. The molecule has 2 rings (SSSR count). The van der Waals surface area contributed by atoms with Crippen LogP contribution in [0.2, 0.25) is 0 Å². The number of hydrogen-bond donors (Lipinski definition) is 2. The van der Waals surface area contributed by atoms with Crippen LogP contribution in [0.4, 0.5) is 0 Å². The zero-order valence-electron chi connectivity index (χ0n) is 24.5. The van der Waals surface area contributed by atoms with E-state index in [0.717, 1.165) is 16.9 Å². The number of allylic oxidation sites excluding steroid dienone is 1. The molecule has 2 aromatic rings. The molecule has 0 saturated heterocycles. The van der Waals surface area contributed by atoms with Crippen molar-refractivity contribution in [2.24, 2.45) is 5.92 Å². The number of benzene rings is 2. The van der Waals surface area contributed by atoms with Crippen LogP contribution in [0.3, 0.4) is 0 Å². The Morgan fingerprint density at radius 3 is 2.13 bits per heavy atom.